The van der Waals surface area contributed by atoms with Crippen LogP contribution in [0.2, 0.25) is 0 Å². The van der Waals surface area contributed by atoms with Gasteiger partial charge in [0.15, 0.2) is 0 Å². The van der Waals surface area contributed by atoms with E-state index in [9.17, 15) is 14.9 Å². The van der Waals surface area contributed by atoms with Gasteiger partial charge in [0, 0.05) is 11.0 Å². The van der Waals surface area contributed by atoms with Crippen molar-refractivity contribution in [3.8, 4) is 0 Å². The first-order valence-corrected chi connectivity index (χ1v) is 4.56. The van der Waals surface area contributed by atoms with Crippen molar-refractivity contribution in [2.75, 3.05) is 6.61 Å². The number of rotatable bonds is 3. The van der Waals surface area contributed by atoms with Crippen molar-refractivity contribution in [1.82, 2.24) is 0 Å². The lowest BCUT2D eigenvalue weighted by atomic mass is 9.82. The van der Waals surface area contributed by atoms with Crippen LogP contribution in [0.1, 0.15) is 6.92 Å². The van der Waals surface area contributed by atoms with Crippen LogP contribution in [-0.4, -0.2) is 23.0 Å². The molecule has 1 radical (unpaired) electrons. The maximum absolute atomic E-state index is 11.6. The van der Waals surface area contributed by atoms with E-state index in [4.69, 9.17) is 4.74 Å². The first-order chi connectivity index (χ1) is 7.05. The fraction of sp³-hybridized carbons (Fsp3) is 0.400. The van der Waals surface area contributed by atoms with Gasteiger partial charge in [-0.25, -0.2) is 4.79 Å². The fourth-order valence-electron chi connectivity index (χ4n) is 1.41. The van der Waals surface area contributed by atoms with Crippen LogP contribution in [-0.2, 0) is 9.53 Å². The van der Waals surface area contributed by atoms with Crippen molar-refractivity contribution in [3.63, 3.8) is 0 Å². The molecule has 5 nitrogen and oxygen atoms in total. The molecule has 0 saturated heterocycles. The van der Waals surface area contributed by atoms with Crippen LogP contribution in [0.25, 0.3) is 0 Å². The summed E-state index contributed by atoms with van der Waals surface area (Å²) in [6.45, 7) is 5.31. The van der Waals surface area contributed by atoms with Gasteiger partial charge in [0.2, 0.25) is 0 Å². The summed E-state index contributed by atoms with van der Waals surface area (Å²) in [5.74, 6) is -1.62. The van der Waals surface area contributed by atoms with E-state index in [0.717, 1.165) is 0 Å². The maximum atomic E-state index is 11.6. The van der Waals surface area contributed by atoms with Gasteiger partial charge in [-0.1, -0.05) is 18.2 Å². The van der Waals surface area contributed by atoms with Crippen molar-refractivity contribution >= 4 is 5.97 Å². The number of ether oxygens (including phenoxy) is 1. The summed E-state index contributed by atoms with van der Waals surface area (Å²) in [5, 5.41) is 11.0. The largest absolute Gasteiger partial charge is 0.460 e. The molecule has 2 unspecified atom stereocenters. The Balaban J connectivity index is 3.09. The summed E-state index contributed by atoms with van der Waals surface area (Å²) >= 11 is 0. The van der Waals surface area contributed by atoms with E-state index in [1.807, 2.05) is 0 Å². The number of carbonyl (C=O) groups is 1. The topological polar surface area (TPSA) is 69.4 Å². The molecular weight excluding hydrogens is 198 g/mol. The minimum atomic E-state index is -1.87. The molecule has 0 aromatic rings. The van der Waals surface area contributed by atoms with Gasteiger partial charge in [0.25, 0.3) is 0 Å². The fourth-order valence-corrected chi connectivity index (χ4v) is 1.41. The zero-order valence-electron chi connectivity index (χ0n) is 8.38. The van der Waals surface area contributed by atoms with Crippen molar-refractivity contribution < 1.29 is 14.5 Å². The minimum Gasteiger partial charge on any atom is -0.460 e. The lowest BCUT2D eigenvalue weighted by Gasteiger charge is -2.25. The molecule has 0 bridgehead atoms. The summed E-state index contributed by atoms with van der Waals surface area (Å²) in [6.07, 6.45) is 5.82. The van der Waals surface area contributed by atoms with Gasteiger partial charge in [0.05, 0.1) is 12.5 Å². The second-order valence-corrected chi connectivity index (χ2v) is 3.15. The molecule has 0 aromatic heterocycles. The van der Waals surface area contributed by atoms with Crippen LogP contribution in [0, 0.1) is 23.0 Å². The first-order valence-electron chi connectivity index (χ1n) is 4.56. The smallest absolute Gasteiger partial charge is 0.389 e. The maximum Gasteiger partial charge on any atom is 0.389 e. The first kappa shape index (κ1) is 11.4. The summed E-state index contributed by atoms with van der Waals surface area (Å²) in [5.41, 5.74) is -1.87. The number of carbonyl (C=O) groups excluding carboxylic acids is 1. The van der Waals surface area contributed by atoms with E-state index in [0.29, 0.717) is 0 Å². The molecule has 5 heteroatoms. The van der Waals surface area contributed by atoms with Crippen LogP contribution in [0.5, 0.6) is 0 Å². The third-order valence-electron chi connectivity index (χ3n) is 2.27. The zero-order chi connectivity index (χ0) is 11.5. The van der Waals surface area contributed by atoms with Gasteiger partial charge < -0.3 is 4.74 Å². The van der Waals surface area contributed by atoms with Gasteiger partial charge in [-0.15, -0.1) is 0 Å². The summed E-state index contributed by atoms with van der Waals surface area (Å²) in [6, 6.07) is 0. The highest BCUT2D eigenvalue weighted by Gasteiger charge is 2.55. The van der Waals surface area contributed by atoms with E-state index in [1.54, 1.807) is 13.0 Å². The lowest BCUT2D eigenvalue weighted by Crippen LogP contribution is -2.51. The molecule has 1 rings (SSSR count). The number of hydrogen-bond acceptors (Lipinski definition) is 4. The highest BCUT2D eigenvalue weighted by atomic mass is 16.6. The quantitative estimate of drug-likeness (QED) is 0.398. The second-order valence-electron chi connectivity index (χ2n) is 3.15. The number of allylic oxidation sites excluding steroid dienone is 2. The van der Waals surface area contributed by atoms with Crippen LogP contribution in [0.3, 0.4) is 0 Å². The SMILES string of the molecule is [CH2]C1C=CC=CC1(C(=O)OCC)[N+](=O)[O-]. The normalized spacial score (nSPS) is 28.8. The molecule has 0 amide bonds. The molecule has 0 aromatic carbocycles. The van der Waals surface area contributed by atoms with E-state index in [-0.39, 0.29) is 6.61 Å². The van der Waals surface area contributed by atoms with Crippen LogP contribution < -0.4 is 0 Å². The van der Waals surface area contributed by atoms with Crippen molar-refractivity contribution in [3.05, 3.63) is 41.3 Å². The van der Waals surface area contributed by atoms with Gasteiger partial charge in [-0.05, 0) is 13.8 Å². The van der Waals surface area contributed by atoms with Crippen molar-refractivity contribution in [2.45, 2.75) is 12.5 Å². The molecule has 0 spiro atoms. The molecule has 0 heterocycles. The number of nitrogens with zero attached hydrogens (tertiary/aromatic N) is 1. The Labute approximate surface area is 87.6 Å². The number of hydrogen-bond donors (Lipinski definition) is 0. The monoisotopic (exact) mass is 210 g/mol. The predicted octanol–water partition coefficient (Wildman–Crippen LogP) is 1.14. The predicted molar refractivity (Wildman–Crippen MR) is 53.5 cm³/mol. The average molecular weight is 210 g/mol. The Hall–Kier alpha value is -1.65. The minimum absolute atomic E-state index is 0.110. The molecule has 0 fully saturated rings. The van der Waals surface area contributed by atoms with Gasteiger partial charge in [0.1, 0.15) is 0 Å². The highest BCUT2D eigenvalue weighted by molar-refractivity contribution is 5.83. The van der Waals surface area contributed by atoms with Crippen LogP contribution in [0.4, 0.5) is 0 Å². The van der Waals surface area contributed by atoms with E-state index >= 15 is 0 Å². The van der Waals surface area contributed by atoms with E-state index in [2.05, 4.69) is 6.92 Å². The molecule has 0 saturated carbocycles. The molecule has 15 heavy (non-hydrogen) atoms. The van der Waals surface area contributed by atoms with E-state index in [1.165, 1.54) is 18.2 Å². The molecule has 0 N–H and O–H groups in total. The molecule has 0 aliphatic heterocycles. The Morgan fingerprint density at radius 3 is 2.80 bits per heavy atom. The standard InChI is InChI=1S/C10H12NO4/c1-3-15-9(12)10(11(13)14)7-5-4-6-8(10)2/h4-8H,2-3H2,1H3. The molecule has 2 atom stereocenters. The molecular formula is C10H12NO4. The van der Waals surface area contributed by atoms with Crippen molar-refractivity contribution in [1.29, 1.82) is 0 Å². The number of esters is 1. The highest BCUT2D eigenvalue weighted by Crippen LogP contribution is 2.28. The van der Waals surface area contributed by atoms with Crippen LogP contribution >= 0.6 is 0 Å². The third-order valence-corrected chi connectivity index (χ3v) is 2.27. The lowest BCUT2D eigenvalue weighted by molar-refractivity contribution is -0.546. The average Bonchev–Trinajstić information content (AvgIpc) is 2.18. The number of nitro groups is 1. The molecule has 81 valence electrons. The molecule has 1 aliphatic carbocycles. The summed E-state index contributed by atoms with van der Waals surface area (Å²) in [7, 11) is 0. The van der Waals surface area contributed by atoms with E-state index < -0.39 is 22.3 Å². The Morgan fingerprint density at radius 1 is 1.67 bits per heavy atom. The Morgan fingerprint density at radius 2 is 2.33 bits per heavy atom. The van der Waals surface area contributed by atoms with Gasteiger partial charge >= 0.3 is 11.5 Å². The van der Waals surface area contributed by atoms with Crippen molar-refractivity contribution in [2.24, 2.45) is 5.92 Å². The molecule has 1 aliphatic rings. The van der Waals surface area contributed by atoms with Gasteiger partial charge in [-0.3, -0.25) is 10.1 Å². The van der Waals surface area contributed by atoms with Gasteiger partial charge in [-0.2, -0.15) is 0 Å². The Bertz CT molecular complexity index is 334. The third kappa shape index (κ3) is 1.77. The Kier molecular flexibility index (Phi) is 3.24. The summed E-state index contributed by atoms with van der Waals surface area (Å²) < 4.78 is 4.71. The van der Waals surface area contributed by atoms with Crippen LogP contribution in [0.15, 0.2) is 24.3 Å². The zero-order valence-corrected chi connectivity index (χ0v) is 8.38. The second kappa shape index (κ2) is 4.25. The summed E-state index contributed by atoms with van der Waals surface area (Å²) in [4.78, 5) is 21.9.